The summed E-state index contributed by atoms with van der Waals surface area (Å²) >= 11 is 1.13. The molecule has 0 aromatic carbocycles. The molecule has 0 saturated heterocycles. The molecule has 5 nitrogen and oxygen atoms in total. The van der Waals surface area contributed by atoms with Crippen LogP contribution in [-0.4, -0.2) is 19.9 Å². The smallest absolute Gasteiger partial charge is 0.405 e. The molecule has 0 aliphatic carbocycles. The number of carbonyl (C=O) groups excluding carboxylic acids is 1. The lowest BCUT2D eigenvalue weighted by molar-refractivity contribution is 0.147. The number of nitrogens with two attached hydrogens (primary N) is 1. The Kier molecular flexibility index (Phi) is 3.35. The average Bonchev–Trinajstić information content (AvgIpc) is 2.50. The van der Waals surface area contributed by atoms with E-state index >= 15 is 0 Å². The van der Waals surface area contributed by atoms with Gasteiger partial charge >= 0.3 is 6.09 Å². The van der Waals surface area contributed by atoms with Gasteiger partial charge in [-0.05, 0) is 26.0 Å². The Balaban J connectivity index is 2.98. The van der Waals surface area contributed by atoms with Crippen molar-refractivity contribution in [1.82, 2.24) is 0 Å². The van der Waals surface area contributed by atoms with Crippen LogP contribution in [0.3, 0.4) is 0 Å². The van der Waals surface area contributed by atoms with E-state index in [4.69, 9.17) is 5.73 Å². The fourth-order valence-corrected chi connectivity index (χ4v) is 3.62. The Morgan fingerprint density at radius 1 is 1.53 bits per heavy atom. The van der Waals surface area contributed by atoms with Crippen LogP contribution in [0, 0.1) is 6.92 Å². The molecule has 0 radical (unpaired) electrons. The Labute approximate surface area is 91.8 Å². The molecule has 0 bridgehead atoms. The second-order valence-electron chi connectivity index (χ2n) is 2.91. The Hall–Kier alpha value is -1.08. The molecule has 0 saturated carbocycles. The van der Waals surface area contributed by atoms with Gasteiger partial charge in [-0.3, -0.25) is 0 Å². The van der Waals surface area contributed by atoms with Crippen molar-refractivity contribution in [3.63, 3.8) is 0 Å². The number of thiophene rings is 1. The fraction of sp³-hybridized carbons (Fsp3) is 0.375. The van der Waals surface area contributed by atoms with Crippen molar-refractivity contribution in [2.75, 3.05) is 0 Å². The first-order chi connectivity index (χ1) is 6.84. The van der Waals surface area contributed by atoms with Crippen LogP contribution < -0.4 is 5.73 Å². The van der Waals surface area contributed by atoms with Crippen molar-refractivity contribution < 1.29 is 17.9 Å². The summed E-state index contributed by atoms with van der Waals surface area (Å²) in [6.45, 7) is 3.07. The first kappa shape index (κ1) is 12.0. The summed E-state index contributed by atoms with van der Waals surface area (Å²) in [7, 11) is -3.62. The van der Waals surface area contributed by atoms with E-state index in [2.05, 4.69) is 4.74 Å². The molecule has 1 aromatic heterocycles. The normalized spacial score (nSPS) is 13.5. The summed E-state index contributed by atoms with van der Waals surface area (Å²) in [4.78, 5) is 11.3. The van der Waals surface area contributed by atoms with Crippen molar-refractivity contribution in [3.8, 4) is 0 Å². The van der Waals surface area contributed by atoms with Crippen LogP contribution in [-0.2, 0) is 14.6 Å². The Morgan fingerprint density at radius 3 is 2.53 bits per heavy atom. The van der Waals surface area contributed by atoms with Crippen LogP contribution in [0.15, 0.2) is 16.3 Å². The molecule has 1 rings (SSSR count). The number of primary amides is 1. The molecular weight excluding hydrogens is 238 g/mol. The summed E-state index contributed by atoms with van der Waals surface area (Å²) in [6.07, 6.45) is -1.10. The second kappa shape index (κ2) is 4.19. The number of hydrogen-bond donors (Lipinski definition) is 1. The first-order valence-electron chi connectivity index (χ1n) is 4.10. The number of aryl methyl sites for hydroxylation is 1. The largest absolute Gasteiger partial charge is 0.430 e. The number of ether oxygens (including phenoxy) is 1. The molecule has 0 aliphatic rings. The van der Waals surface area contributed by atoms with Crippen LogP contribution >= 0.6 is 11.3 Å². The van der Waals surface area contributed by atoms with Gasteiger partial charge in [0.05, 0.1) is 0 Å². The van der Waals surface area contributed by atoms with Crippen LogP contribution in [0.4, 0.5) is 4.79 Å². The van der Waals surface area contributed by atoms with E-state index in [0.717, 1.165) is 16.2 Å². The van der Waals surface area contributed by atoms with E-state index < -0.39 is 21.4 Å². The molecule has 1 heterocycles. The van der Waals surface area contributed by atoms with Gasteiger partial charge in [0.1, 0.15) is 4.21 Å². The van der Waals surface area contributed by atoms with Gasteiger partial charge in [-0.1, -0.05) is 0 Å². The minimum absolute atomic E-state index is 0.175. The first-order valence-corrected chi connectivity index (χ1v) is 6.46. The van der Waals surface area contributed by atoms with Crippen molar-refractivity contribution in [2.45, 2.75) is 23.5 Å². The molecule has 2 N–H and O–H groups in total. The molecule has 84 valence electrons. The van der Waals surface area contributed by atoms with Crippen LogP contribution in [0.5, 0.6) is 0 Å². The van der Waals surface area contributed by atoms with Gasteiger partial charge in [-0.2, -0.15) is 0 Å². The zero-order chi connectivity index (χ0) is 11.6. The van der Waals surface area contributed by atoms with Crippen LogP contribution in [0.2, 0.25) is 0 Å². The SMILES string of the molecule is Cc1ccc(S(=O)(=O)C(C)OC(N)=O)s1. The maximum Gasteiger partial charge on any atom is 0.405 e. The predicted molar refractivity (Wildman–Crippen MR) is 56.4 cm³/mol. The monoisotopic (exact) mass is 249 g/mol. The molecule has 7 heteroatoms. The zero-order valence-electron chi connectivity index (χ0n) is 8.26. The molecule has 15 heavy (non-hydrogen) atoms. The summed E-state index contributed by atoms with van der Waals surface area (Å²) in [5.74, 6) is 0. The van der Waals surface area contributed by atoms with Crippen molar-refractivity contribution >= 4 is 27.3 Å². The highest BCUT2D eigenvalue weighted by Gasteiger charge is 2.27. The molecule has 1 unspecified atom stereocenters. The quantitative estimate of drug-likeness (QED) is 0.874. The lowest BCUT2D eigenvalue weighted by Gasteiger charge is -2.10. The van der Waals surface area contributed by atoms with Gasteiger partial charge in [0.25, 0.3) is 0 Å². The number of carbonyl (C=O) groups is 1. The molecule has 0 spiro atoms. The predicted octanol–water partition coefficient (Wildman–Crippen LogP) is 1.27. The fourth-order valence-electron chi connectivity index (χ4n) is 0.956. The third-order valence-electron chi connectivity index (χ3n) is 1.72. The van der Waals surface area contributed by atoms with Crippen molar-refractivity contribution in [3.05, 3.63) is 17.0 Å². The van der Waals surface area contributed by atoms with Crippen LogP contribution in [0.25, 0.3) is 0 Å². The number of hydrogen-bond acceptors (Lipinski definition) is 5. The van der Waals surface area contributed by atoms with Crippen molar-refractivity contribution in [2.24, 2.45) is 5.73 Å². The van der Waals surface area contributed by atoms with Gasteiger partial charge < -0.3 is 10.5 Å². The van der Waals surface area contributed by atoms with Gasteiger partial charge in [0.2, 0.25) is 15.3 Å². The zero-order valence-corrected chi connectivity index (χ0v) is 9.89. The third kappa shape index (κ3) is 2.69. The maximum atomic E-state index is 11.8. The number of sulfone groups is 1. The maximum absolute atomic E-state index is 11.8. The van der Waals surface area contributed by atoms with Gasteiger partial charge in [-0.15, -0.1) is 11.3 Å². The van der Waals surface area contributed by atoms with Gasteiger partial charge in [0.15, 0.2) is 0 Å². The molecule has 1 atom stereocenters. The minimum atomic E-state index is -3.62. The third-order valence-corrected chi connectivity index (χ3v) is 5.12. The van der Waals surface area contributed by atoms with E-state index in [0.29, 0.717) is 0 Å². The molecular formula is C8H11NO4S2. The molecule has 0 fully saturated rings. The van der Waals surface area contributed by atoms with E-state index in [-0.39, 0.29) is 4.21 Å². The lowest BCUT2D eigenvalue weighted by atomic mass is 10.5. The summed E-state index contributed by atoms with van der Waals surface area (Å²) < 4.78 is 28.1. The second-order valence-corrected chi connectivity index (χ2v) is 6.65. The highest BCUT2D eigenvalue weighted by atomic mass is 32.2. The minimum Gasteiger partial charge on any atom is -0.430 e. The van der Waals surface area contributed by atoms with Gasteiger partial charge in [0, 0.05) is 4.88 Å². The number of amides is 1. The summed E-state index contributed by atoms with van der Waals surface area (Å²) in [5, 5.41) is 0. The molecule has 1 amide bonds. The Morgan fingerprint density at radius 2 is 2.13 bits per heavy atom. The topological polar surface area (TPSA) is 86.5 Å². The summed E-state index contributed by atoms with van der Waals surface area (Å²) in [6, 6.07) is 3.17. The highest BCUT2D eigenvalue weighted by molar-refractivity contribution is 7.93. The highest BCUT2D eigenvalue weighted by Crippen LogP contribution is 2.24. The molecule has 1 aromatic rings. The van der Waals surface area contributed by atoms with E-state index in [1.54, 1.807) is 13.0 Å². The Bertz CT molecular complexity index is 463. The lowest BCUT2D eigenvalue weighted by Crippen LogP contribution is -2.27. The summed E-state index contributed by atoms with van der Waals surface area (Å²) in [5.41, 5.74) is 3.49. The van der Waals surface area contributed by atoms with Gasteiger partial charge in [-0.25, -0.2) is 13.2 Å². The van der Waals surface area contributed by atoms with E-state index in [9.17, 15) is 13.2 Å². The molecule has 0 aliphatic heterocycles. The van der Waals surface area contributed by atoms with E-state index in [1.165, 1.54) is 13.0 Å². The standard InChI is InChI=1S/C8H11NO4S2/c1-5-3-4-7(14-5)15(11,12)6(2)13-8(9)10/h3-4,6H,1-2H3,(H2,9,10). The van der Waals surface area contributed by atoms with Crippen LogP contribution in [0.1, 0.15) is 11.8 Å². The van der Waals surface area contributed by atoms with Crippen molar-refractivity contribution in [1.29, 1.82) is 0 Å². The number of rotatable bonds is 3. The van der Waals surface area contributed by atoms with E-state index in [1.807, 2.05) is 0 Å². The average molecular weight is 249 g/mol.